The van der Waals surface area contributed by atoms with Crippen LogP contribution in [0.3, 0.4) is 0 Å². The van der Waals surface area contributed by atoms with Gasteiger partial charge in [0.05, 0.1) is 5.56 Å². The predicted octanol–water partition coefficient (Wildman–Crippen LogP) is 5.64. The van der Waals surface area contributed by atoms with Crippen LogP contribution in [0.1, 0.15) is 73.7 Å². The van der Waals surface area contributed by atoms with Crippen molar-refractivity contribution in [1.82, 2.24) is 0 Å². The van der Waals surface area contributed by atoms with Gasteiger partial charge in [0.15, 0.2) is 11.5 Å². The Bertz CT molecular complexity index is 1040. The van der Waals surface area contributed by atoms with Gasteiger partial charge in [-0.15, -0.1) is 0 Å². The van der Waals surface area contributed by atoms with Crippen LogP contribution in [0.4, 0.5) is 5.69 Å². The molecule has 2 aromatic carbocycles. The van der Waals surface area contributed by atoms with Crippen molar-refractivity contribution in [1.29, 1.82) is 0 Å². The van der Waals surface area contributed by atoms with Crippen LogP contribution in [0.25, 0.3) is 11.0 Å². The zero-order valence-corrected chi connectivity index (χ0v) is 17.5. The first-order valence-electron chi connectivity index (χ1n) is 10.7. The molecule has 1 unspecified atom stereocenters. The maximum absolute atomic E-state index is 13.2. The normalized spacial score (nSPS) is 18.0. The van der Waals surface area contributed by atoms with Gasteiger partial charge in [-0.25, -0.2) is 0 Å². The molecule has 0 bridgehead atoms. The topological polar surface area (TPSA) is 53.7 Å². The molecular formula is C25H29NO3. The third kappa shape index (κ3) is 3.25. The molecule has 0 saturated heterocycles. The van der Waals surface area contributed by atoms with Crippen LogP contribution >= 0.6 is 0 Å². The number of unbranched alkanes of at least 4 members (excludes halogenated alkanes) is 2. The summed E-state index contributed by atoms with van der Waals surface area (Å²) in [7, 11) is 0. The highest BCUT2D eigenvalue weighted by molar-refractivity contribution is 6.19. The zero-order chi connectivity index (χ0) is 20.6. The molecule has 0 spiro atoms. The summed E-state index contributed by atoms with van der Waals surface area (Å²) < 4.78 is 6.14. The number of benzene rings is 2. The van der Waals surface area contributed by atoms with Gasteiger partial charge in [-0.1, -0.05) is 51.0 Å². The summed E-state index contributed by atoms with van der Waals surface area (Å²) in [6.07, 6.45) is 4.57. The average molecular weight is 392 g/mol. The lowest BCUT2D eigenvalue weighted by atomic mass is 9.78. The number of furan rings is 1. The highest BCUT2D eigenvalue weighted by atomic mass is 16.4. The van der Waals surface area contributed by atoms with E-state index in [1.54, 1.807) is 19.1 Å². The van der Waals surface area contributed by atoms with E-state index in [1.807, 2.05) is 24.3 Å². The van der Waals surface area contributed by atoms with Gasteiger partial charge in [-0.05, 0) is 31.9 Å². The lowest BCUT2D eigenvalue weighted by molar-refractivity contribution is 0.0694. The van der Waals surface area contributed by atoms with Crippen molar-refractivity contribution in [3.63, 3.8) is 0 Å². The van der Waals surface area contributed by atoms with Crippen LogP contribution in [-0.4, -0.2) is 24.0 Å². The fourth-order valence-electron chi connectivity index (χ4n) is 4.28. The van der Waals surface area contributed by atoms with Gasteiger partial charge < -0.3 is 14.4 Å². The van der Waals surface area contributed by atoms with E-state index in [1.165, 1.54) is 0 Å². The summed E-state index contributed by atoms with van der Waals surface area (Å²) >= 11 is 0. The smallest absolute Gasteiger partial charge is 0.197 e. The Morgan fingerprint density at radius 1 is 1.03 bits per heavy atom. The fraction of sp³-hybridized carbons (Fsp3) is 0.400. The van der Waals surface area contributed by atoms with Crippen molar-refractivity contribution in [3.05, 3.63) is 64.9 Å². The fourth-order valence-corrected chi connectivity index (χ4v) is 4.28. The van der Waals surface area contributed by atoms with Crippen LogP contribution in [0.5, 0.6) is 0 Å². The third-order valence-electron chi connectivity index (χ3n) is 5.97. The molecule has 3 aromatic rings. The van der Waals surface area contributed by atoms with E-state index in [2.05, 4.69) is 24.8 Å². The highest BCUT2D eigenvalue weighted by Gasteiger charge is 2.43. The Labute approximate surface area is 172 Å². The molecule has 1 heterocycles. The second kappa shape index (κ2) is 7.68. The molecule has 0 aliphatic heterocycles. The number of hydrogen-bond donors (Lipinski definition) is 1. The number of anilines is 1. The Kier molecular flexibility index (Phi) is 5.22. The standard InChI is InChI=1S/C25H29NO3/c1-4-6-14-26(15-7-5-2)17-12-13-19-21(16-17)29-24-22(19)23(27)18-10-8-9-11-20(18)25(24,3)28/h8-13,16,28H,4-7,14-15H2,1-3H3. The number of carbonyl (C=O) groups is 1. The first-order valence-corrected chi connectivity index (χ1v) is 10.7. The van der Waals surface area contributed by atoms with E-state index in [0.29, 0.717) is 28.0 Å². The van der Waals surface area contributed by atoms with Crippen molar-refractivity contribution >= 4 is 22.4 Å². The summed E-state index contributed by atoms with van der Waals surface area (Å²) in [5, 5.41) is 12.0. The summed E-state index contributed by atoms with van der Waals surface area (Å²) in [5.41, 5.74) is 2.07. The molecule has 1 aliphatic carbocycles. The van der Waals surface area contributed by atoms with Gasteiger partial charge in [0.2, 0.25) is 0 Å². The number of hydrogen-bond acceptors (Lipinski definition) is 4. The lowest BCUT2D eigenvalue weighted by Crippen LogP contribution is -2.31. The Morgan fingerprint density at radius 3 is 2.41 bits per heavy atom. The number of carbonyl (C=O) groups excluding carboxylic acids is 1. The van der Waals surface area contributed by atoms with Crippen LogP contribution < -0.4 is 4.90 Å². The van der Waals surface area contributed by atoms with E-state index in [4.69, 9.17) is 4.42 Å². The minimum Gasteiger partial charge on any atom is -0.457 e. The molecule has 1 N–H and O–H groups in total. The summed E-state index contributed by atoms with van der Waals surface area (Å²) in [6.45, 7) is 8.12. The van der Waals surface area contributed by atoms with Crippen molar-refractivity contribution in [2.24, 2.45) is 0 Å². The molecule has 0 saturated carbocycles. The molecule has 4 rings (SSSR count). The van der Waals surface area contributed by atoms with Crippen LogP contribution in [0.2, 0.25) is 0 Å². The van der Waals surface area contributed by atoms with Gasteiger partial charge in [0, 0.05) is 41.4 Å². The highest BCUT2D eigenvalue weighted by Crippen LogP contribution is 2.44. The van der Waals surface area contributed by atoms with E-state index < -0.39 is 5.60 Å². The molecule has 1 aromatic heterocycles. The molecule has 152 valence electrons. The van der Waals surface area contributed by atoms with E-state index in [9.17, 15) is 9.90 Å². The van der Waals surface area contributed by atoms with Crippen LogP contribution in [-0.2, 0) is 5.60 Å². The second-order valence-corrected chi connectivity index (χ2v) is 8.13. The predicted molar refractivity (Wildman–Crippen MR) is 117 cm³/mol. The SMILES string of the molecule is CCCCN(CCCC)c1ccc2c3c(oc2c1)C(C)(O)c1ccccc1C3=O. The molecular weight excluding hydrogens is 362 g/mol. The molecule has 29 heavy (non-hydrogen) atoms. The van der Waals surface area contributed by atoms with Crippen molar-refractivity contribution < 1.29 is 14.3 Å². The van der Waals surface area contributed by atoms with Crippen molar-refractivity contribution in [2.75, 3.05) is 18.0 Å². The zero-order valence-electron chi connectivity index (χ0n) is 17.5. The average Bonchev–Trinajstić information content (AvgIpc) is 3.12. The Morgan fingerprint density at radius 2 is 1.72 bits per heavy atom. The van der Waals surface area contributed by atoms with E-state index in [-0.39, 0.29) is 5.78 Å². The largest absolute Gasteiger partial charge is 0.457 e. The minimum absolute atomic E-state index is 0.0811. The summed E-state index contributed by atoms with van der Waals surface area (Å²) in [5.74, 6) is 0.268. The van der Waals surface area contributed by atoms with Crippen LogP contribution in [0.15, 0.2) is 46.9 Å². The monoisotopic (exact) mass is 391 g/mol. The maximum Gasteiger partial charge on any atom is 0.197 e. The van der Waals surface area contributed by atoms with Gasteiger partial charge >= 0.3 is 0 Å². The number of aliphatic hydroxyl groups is 1. The number of rotatable bonds is 7. The molecule has 4 nitrogen and oxygen atoms in total. The summed E-state index contributed by atoms with van der Waals surface area (Å²) in [6, 6.07) is 13.3. The first-order chi connectivity index (χ1) is 14.0. The molecule has 0 fully saturated rings. The number of ketones is 1. The molecule has 0 radical (unpaired) electrons. The van der Waals surface area contributed by atoms with Gasteiger partial charge in [-0.3, -0.25) is 4.79 Å². The second-order valence-electron chi connectivity index (χ2n) is 8.13. The van der Waals surface area contributed by atoms with Gasteiger partial charge in [0.25, 0.3) is 0 Å². The van der Waals surface area contributed by atoms with Crippen molar-refractivity contribution in [2.45, 2.75) is 52.1 Å². The molecule has 1 atom stereocenters. The first kappa shape index (κ1) is 19.7. The van der Waals surface area contributed by atoms with Crippen LogP contribution in [0, 0.1) is 0 Å². The minimum atomic E-state index is -1.33. The maximum atomic E-state index is 13.2. The third-order valence-corrected chi connectivity index (χ3v) is 5.97. The van der Waals surface area contributed by atoms with Gasteiger partial charge in [0.1, 0.15) is 11.2 Å². The lowest BCUT2D eigenvalue weighted by Gasteiger charge is -2.28. The summed E-state index contributed by atoms with van der Waals surface area (Å²) in [4.78, 5) is 15.6. The Hall–Kier alpha value is -2.59. The molecule has 1 aliphatic rings. The number of fused-ring (bicyclic) bond motifs is 4. The van der Waals surface area contributed by atoms with E-state index >= 15 is 0 Å². The van der Waals surface area contributed by atoms with E-state index in [0.717, 1.165) is 49.8 Å². The Balaban J connectivity index is 1.81. The van der Waals surface area contributed by atoms with Gasteiger partial charge in [-0.2, -0.15) is 0 Å². The van der Waals surface area contributed by atoms with Crippen molar-refractivity contribution in [3.8, 4) is 0 Å². The molecule has 0 amide bonds. The number of nitrogens with zero attached hydrogens (tertiary/aromatic N) is 1. The molecule has 4 heteroatoms. The quantitative estimate of drug-likeness (QED) is 0.566.